The minimum atomic E-state index is -0.206. The number of piperidine rings is 1. The number of fused-ring (bicyclic) bond motifs is 1. The Bertz CT molecular complexity index is 409. The van der Waals surface area contributed by atoms with Gasteiger partial charge in [0.25, 0.3) is 0 Å². The standard InChI is InChI=1S/C16H26N2O2/c1-3-12-15(19)17-10-5-4-8-14(17)16(20)18(12)13-9-6-7-11(13)2/h11-14H,3-10H2,1-2H3. The van der Waals surface area contributed by atoms with E-state index in [2.05, 4.69) is 6.92 Å². The average Bonchev–Trinajstić information content (AvgIpc) is 2.88. The summed E-state index contributed by atoms with van der Waals surface area (Å²) in [6.45, 7) is 5.04. The quantitative estimate of drug-likeness (QED) is 0.777. The van der Waals surface area contributed by atoms with Gasteiger partial charge in [-0.15, -0.1) is 0 Å². The summed E-state index contributed by atoms with van der Waals surface area (Å²) in [5, 5.41) is 0. The van der Waals surface area contributed by atoms with E-state index in [1.54, 1.807) is 0 Å². The van der Waals surface area contributed by atoms with Crippen molar-refractivity contribution in [1.29, 1.82) is 0 Å². The average molecular weight is 278 g/mol. The van der Waals surface area contributed by atoms with E-state index in [1.165, 1.54) is 12.8 Å². The number of hydrogen-bond acceptors (Lipinski definition) is 2. The summed E-state index contributed by atoms with van der Waals surface area (Å²) < 4.78 is 0. The van der Waals surface area contributed by atoms with Gasteiger partial charge in [-0.05, 0) is 44.4 Å². The highest BCUT2D eigenvalue weighted by Crippen LogP contribution is 2.36. The lowest BCUT2D eigenvalue weighted by Gasteiger charge is -2.49. The van der Waals surface area contributed by atoms with E-state index in [4.69, 9.17) is 0 Å². The minimum absolute atomic E-state index is 0.160. The molecule has 3 fully saturated rings. The molecule has 0 N–H and O–H groups in total. The summed E-state index contributed by atoms with van der Waals surface area (Å²) in [6, 6.07) is -0.0743. The number of piperazine rings is 1. The second-order valence-electron chi connectivity index (χ2n) is 6.69. The second kappa shape index (κ2) is 5.38. The third-order valence-electron chi connectivity index (χ3n) is 5.51. The van der Waals surface area contributed by atoms with E-state index in [0.717, 1.165) is 38.6 Å². The first kappa shape index (κ1) is 13.9. The molecule has 4 heteroatoms. The van der Waals surface area contributed by atoms with E-state index in [1.807, 2.05) is 16.7 Å². The molecule has 3 aliphatic rings. The van der Waals surface area contributed by atoms with Crippen molar-refractivity contribution in [2.75, 3.05) is 6.54 Å². The minimum Gasteiger partial charge on any atom is -0.329 e. The van der Waals surface area contributed by atoms with Gasteiger partial charge in [-0.3, -0.25) is 9.59 Å². The number of amides is 2. The van der Waals surface area contributed by atoms with Crippen molar-refractivity contribution in [1.82, 2.24) is 9.80 Å². The van der Waals surface area contributed by atoms with E-state index in [-0.39, 0.29) is 23.9 Å². The zero-order valence-corrected chi connectivity index (χ0v) is 12.7. The predicted molar refractivity (Wildman–Crippen MR) is 77.1 cm³/mol. The Morgan fingerprint density at radius 3 is 2.50 bits per heavy atom. The van der Waals surface area contributed by atoms with Gasteiger partial charge in [0.1, 0.15) is 12.1 Å². The fourth-order valence-electron chi connectivity index (χ4n) is 4.39. The van der Waals surface area contributed by atoms with Crippen molar-refractivity contribution in [3.63, 3.8) is 0 Å². The molecule has 1 aliphatic carbocycles. The Morgan fingerprint density at radius 2 is 1.85 bits per heavy atom. The van der Waals surface area contributed by atoms with Crippen LogP contribution in [0.5, 0.6) is 0 Å². The lowest BCUT2D eigenvalue weighted by Crippen LogP contribution is -2.67. The van der Waals surface area contributed by atoms with Crippen molar-refractivity contribution in [3.8, 4) is 0 Å². The predicted octanol–water partition coefficient (Wildman–Crippen LogP) is 2.18. The molecular weight excluding hydrogens is 252 g/mol. The van der Waals surface area contributed by atoms with Gasteiger partial charge < -0.3 is 9.80 Å². The molecule has 0 aromatic heterocycles. The Balaban J connectivity index is 1.90. The zero-order valence-electron chi connectivity index (χ0n) is 12.7. The highest BCUT2D eigenvalue weighted by molar-refractivity contribution is 5.97. The lowest BCUT2D eigenvalue weighted by atomic mass is 9.91. The van der Waals surface area contributed by atoms with Gasteiger partial charge >= 0.3 is 0 Å². The first-order valence-electron chi connectivity index (χ1n) is 8.27. The van der Waals surface area contributed by atoms with Crippen LogP contribution < -0.4 is 0 Å². The molecule has 0 radical (unpaired) electrons. The number of carbonyl (C=O) groups excluding carboxylic acids is 2. The Labute approximate surface area is 121 Å². The third kappa shape index (κ3) is 2.04. The maximum atomic E-state index is 12.9. The molecule has 112 valence electrons. The van der Waals surface area contributed by atoms with Gasteiger partial charge in [0.2, 0.25) is 11.8 Å². The van der Waals surface area contributed by atoms with E-state index in [9.17, 15) is 9.59 Å². The van der Waals surface area contributed by atoms with Crippen LogP contribution in [0.2, 0.25) is 0 Å². The van der Waals surface area contributed by atoms with E-state index in [0.29, 0.717) is 12.0 Å². The number of hydrogen-bond donors (Lipinski definition) is 0. The molecule has 3 rings (SSSR count). The van der Waals surface area contributed by atoms with Crippen LogP contribution in [0.25, 0.3) is 0 Å². The topological polar surface area (TPSA) is 40.6 Å². The molecule has 0 aromatic carbocycles. The van der Waals surface area contributed by atoms with Gasteiger partial charge in [-0.25, -0.2) is 0 Å². The van der Waals surface area contributed by atoms with Crippen molar-refractivity contribution in [2.24, 2.45) is 5.92 Å². The summed E-state index contributed by atoms with van der Waals surface area (Å²) >= 11 is 0. The fourth-order valence-corrected chi connectivity index (χ4v) is 4.39. The largest absolute Gasteiger partial charge is 0.329 e. The van der Waals surface area contributed by atoms with Gasteiger partial charge in [0.05, 0.1) is 0 Å². The van der Waals surface area contributed by atoms with Crippen LogP contribution >= 0.6 is 0 Å². The SMILES string of the molecule is CCC1C(=O)N2CCCCC2C(=O)N1C1CCCC1C. The highest BCUT2D eigenvalue weighted by Gasteiger charge is 2.49. The molecule has 0 spiro atoms. The molecule has 2 amide bonds. The van der Waals surface area contributed by atoms with Crippen LogP contribution in [-0.2, 0) is 9.59 Å². The Hall–Kier alpha value is -1.06. The normalized spacial score (nSPS) is 38.3. The number of carbonyl (C=O) groups is 2. The van der Waals surface area contributed by atoms with Crippen molar-refractivity contribution >= 4 is 11.8 Å². The summed E-state index contributed by atoms with van der Waals surface area (Å²) in [6.07, 6.45) is 7.18. The first-order valence-corrected chi connectivity index (χ1v) is 8.27. The molecule has 4 atom stereocenters. The molecule has 2 heterocycles. The van der Waals surface area contributed by atoms with Crippen molar-refractivity contribution in [3.05, 3.63) is 0 Å². The maximum absolute atomic E-state index is 12.9. The molecule has 4 unspecified atom stereocenters. The number of rotatable bonds is 2. The summed E-state index contributed by atoms with van der Waals surface area (Å²) in [5.41, 5.74) is 0. The van der Waals surface area contributed by atoms with E-state index >= 15 is 0 Å². The first-order chi connectivity index (χ1) is 9.65. The Kier molecular flexibility index (Phi) is 3.74. The molecule has 0 bridgehead atoms. The van der Waals surface area contributed by atoms with Crippen LogP contribution in [-0.4, -0.2) is 46.3 Å². The molecular formula is C16H26N2O2. The van der Waals surface area contributed by atoms with Crippen LogP contribution in [0.1, 0.15) is 58.8 Å². The zero-order chi connectivity index (χ0) is 14.3. The molecule has 1 saturated carbocycles. The van der Waals surface area contributed by atoms with Crippen LogP contribution in [0.15, 0.2) is 0 Å². The summed E-state index contributed by atoms with van der Waals surface area (Å²) in [4.78, 5) is 29.5. The van der Waals surface area contributed by atoms with Gasteiger partial charge in [0, 0.05) is 12.6 Å². The molecule has 2 aliphatic heterocycles. The molecule has 4 nitrogen and oxygen atoms in total. The van der Waals surface area contributed by atoms with Crippen LogP contribution in [0.4, 0.5) is 0 Å². The van der Waals surface area contributed by atoms with Gasteiger partial charge in [0.15, 0.2) is 0 Å². The molecule has 20 heavy (non-hydrogen) atoms. The highest BCUT2D eigenvalue weighted by atomic mass is 16.2. The lowest BCUT2D eigenvalue weighted by molar-refractivity contribution is -0.167. The van der Waals surface area contributed by atoms with Crippen LogP contribution in [0, 0.1) is 5.92 Å². The second-order valence-corrected chi connectivity index (χ2v) is 6.69. The smallest absolute Gasteiger partial charge is 0.246 e. The molecule has 2 saturated heterocycles. The fraction of sp³-hybridized carbons (Fsp3) is 0.875. The summed E-state index contributed by atoms with van der Waals surface area (Å²) in [7, 11) is 0. The summed E-state index contributed by atoms with van der Waals surface area (Å²) in [5.74, 6) is 0.974. The number of nitrogens with zero attached hydrogens (tertiary/aromatic N) is 2. The third-order valence-corrected chi connectivity index (χ3v) is 5.51. The Morgan fingerprint density at radius 1 is 1.05 bits per heavy atom. The van der Waals surface area contributed by atoms with Crippen molar-refractivity contribution < 1.29 is 9.59 Å². The monoisotopic (exact) mass is 278 g/mol. The van der Waals surface area contributed by atoms with Crippen molar-refractivity contribution in [2.45, 2.75) is 76.9 Å². The molecule has 0 aromatic rings. The maximum Gasteiger partial charge on any atom is 0.246 e. The van der Waals surface area contributed by atoms with Crippen LogP contribution in [0.3, 0.4) is 0 Å². The van der Waals surface area contributed by atoms with Gasteiger partial charge in [-0.1, -0.05) is 20.3 Å². The van der Waals surface area contributed by atoms with E-state index < -0.39 is 0 Å². The van der Waals surface area contributed by atoms with Gasteiger partial charge in [-0.2, -0.15) is 0 Å².